The van der Waals surface area contributed by atoms with Gasteiger partial charge >= 0.3 is 5.97 Å². The smallest absolute Gasteiger partial charge is 0.358 e. The van der Waals surface area contributed by atoms with Gasteiger partial charge in [0.25, 0.3) is 6.43 Å². The summed E-state index contributed by atoms with van der Waals surface area (Å²) in [4.78, 5) is 14.8. The lowest BCUT2D eigenvalue weighted by Crippen LogP contribution is -2.02. The lowest BCUT2D eigenvalue weighted by Gasteiger charge is -1.97. The van der Waals surface area contributed by atoms with Gasteiger partial charge in [-0.05, 0) is 6.07 Å². The molecule has 0 amide bonds. The minimum absolute atomic E-state index is 0.0291. The average molecular weight is 227 g/mol. The number of halogens is 2. The van der Waals surface area contributed by atoms with Crippen LogP contribution in [0, 0.1) is 0 Å². The molecule has 16 heavy (non-hydrogen) atoms. The summed E-state index contributed by atoms with van der Waals surface area (Å²) < 4.78 is 30.4. The summed E-state index contributed by atoms with van der Waals surface area (Å²) in [6.45, 7) is 0. The molecular weight excluding hydrogens is 220 g/mol. The second-order valence-corrected chi connectivity index (χ2v) is 2.98. The Balaban J connectivity index is 2.50. The first-order chi connectivity index (χ1) is 7.61. The predicted molar refractivity (Wildman–Crippen MR) is 49.3 cm³/mol. The zero-order valence-electron chi connectivity index (χ0n) is 8.22. The Bertz CT molecular complexity index is 539. The maximum atomic E-state index is 12.3. The van der Waals surface area contributed by atoms with Crippen LogP contribution in [0.1, 0.15) is 22.6 Å². The largest absolute Gasteiger partial charge is 0.464 e. The van der Waals surface area contributed by atoms with Crippen molar-refractivity contribution in [2.45, 2.75) is 6.43 Å². The van der Waals surface area contributed by atoms with E-state index in [2.05, 4.69) is 14.8 Å². The van der Waals surface area contributed by atoms with Gasteiger partial charge in [-0.1, -0.05) is 0 Å². The quantitative estimate of drug-likeness (QED) is 0.728. The van der Waals surface area contributed by atoms with Gasteiger partial charge in [-0.15, -0.1) is 0 Å². The van der Waals surface area contributed by atoms with Crippen molar-refractivity contribution in [1.29, 1.82) is 0 Å². The van der Waals surface area contributed by atoms with Crippen molar-refractivity contribution in [3.05, 3.63) is 29.7 Å². The van der Waals surface area contributed by atoms with Crippen LogP contribution in [0.4, 0.5) is 8.78 Å². The fourth-order valence-corrected chi connectivity index (χ4v) is 1.22. The molecule has 0 N–H and O–H groups in total. The van der Waals surface area contributed by atoms with Crippen molar-refractivity contribution in [1.82, 2.24) is 14.6 Å². The molecule has 2 rings (SSSR count). The van der Waals surface area contributed by atoms with Gasteiger partial charge < -0.3 is 4.74 Å². The number of esters is 1. The number of nitrogens with zero attached hydrogens (tertiary/aromatic N) is 3. The van der Waals surface area contributed by atoms with Crippen LogP contribution < -0.4 is 0 Å². The van der Waals surface area contributed by atoms with Crippen LogP contribution in [0.3, 0.4) is 0 Å². The molecule has 0 atom stereocenters. The molecule has 7 heteroatoms. The summed E-state index contributed by atoms with van der Waals surface area (Å²) >= 11 is 0. The number of hydrogen-bond acceptors (Lipinski definition) is 4. The van der Waals surface area contributed by atoms with Crippen LogP contribution >= 0.6 is 0 Å². The Morgan fingerprint density at radius 1 is 1.56 bits per heavy atom. The van der Waals surface area contributed by atoms with Crippen molar-refractivity contribution < 1.29 is 18.3 Å². The summed E-state index contributed by atoms with van der Waals surface area (Å²) in [5.41, 5.74) is -0.150. The molecule has 0 fully saturated rings. The minimum atomic E-state index is -2.65. The van der Waals surface area contributed by atoms with Crippen molar-refractivity contribution in [3.8, 4) is 0 Å². The van der Waals surface area contributed by atoms with Crippen LogP contribution in [0.5, 0.6) is 0 Å². The van der Waals surface area contributed by atoms with Crippen molar-refractivity contribution in [2.24, 2.45) is 0 Å². The van der Waals surface area contributed by atoms with E-state index in [-0.39, 0.29) is 17.0 Å². The lowest BCUT2D eigenvalue weighted by atomic mass is 10.4. The minimum Gasteiger partial charge on any atom is -0.464 e. The van der Waals surface area contributed by atoms with E-state index in [0.29, 0.717) is 0 Å². The molecule has 0 unspecified atom stereocenters. The third-order valence-electron chi connectivity index (χ3n) is 1.96. The third-order valence-corrected chi connectivity index (χ3v) is 1.96. The van der Waals surface area contributed by atoms with Crippen molar-refractivity contribution >= 4 is 11.6 Å². The van der Waals surface area contributed by atoms with Gasteiger partial charge in [0.1, 0.15) is 5.69 Å². The molecule has 0 radical (unpaired) electrons. The van der Waals surface area contributed by atoms with Crippen LogP contribution in [-0.2, 0) is 4.74 Å². The maximum absolute atomic E-state index is 12.3. The summed E-state index contributed by atoms with van der Waals surface area (Å²) in [5, 5.41) is 3.82. The molecule has 0 aliphatic rings. The molecular formula is C9H7F2N3O2. The van der Waals surface area contributed by atoms with Gasteiger partial charge in [0.15, 0.2) is 11.3 Å². The van der Waals surface area contributed by atoms with Gasteiger partial charge in [0.05, 0.1) is 7.11 Å². The molecule has 84 valence electrons. The van der Waals surface area contributed by atoms with Crippen molar-refractivity contribution in [2.75, 3.05) is 7.11 Å². The van der Waals surface area contributed by atoms with E-state index in [0.717, 1.165) is 6.07 Å². The number of alkyl halides is 2. The first-order valence-electron chi connectivity index (χ1n) is 4.34. The molecule has 2 aromatic rings. The summed E-state index contributed by atoms with van der Waals surface area (Å²) in [5.74, 6) is -0.635. The number of aromatic nitrogens is 3. The second-order valence-electron chi connectivity index (χ2n) is 2.98. The Kier molecular flexibility index (Phi) is 2.51. The zero-order chi connectivity index (χ0) is 11.7. The first-order valence-corrected chi connectivity index (χ1v) is 4.34. The molecule has 5 nitrogen and oxygen atoms in total. The Hall–Kier alpha value is -2.05. The number of fused-ring (bicyclic) bond motifs is 1. The normalized spacial score (nSPS) is 11.0. The van der Waals surface area contributed by atoms with Gasteiger partial charge in [-0.3, -0.25) is 0 Å². The Labute approximate surface area is 88.7 Å². The molecule has 2 heterocycles. The first kappa shape index (κ1) is 10.5. The van der Waals surface area contributed by atoms with Gasteiger partial charge in [-0.25, -0.2) is 23.1 Å². The van der Waals surface area contributed by atoms with Gasteiger partial charge in [-0.2, -0.15) is 5.10 Å². The topological polar surface area (TPSA) is 56.5 Å². The predicted octanol–water partition coefficient (Wildman–Crippen LogP) is 1.45. The van der Waals surface area contributed by atoms with E-state index in [9.17, 15) is 13.6 Å². The monoisotopic (exact) mass is 227 g/mol. The molecule has 0 aromatic carbocycles. The van der Waals surface area contributed by atoms with Crippen LogP contribution in [0.15, 0.2) is 18.3 Å². The Morgan fingerprint density at radius 2 is 2.31 bits per heavy atom. The van der Waals surface area contributed by atoms with E-state index >= 15 is 0 Å². The fourth-order valence-electron chi connectivity index (χ4n) is 1.22. The van der Waals surface area contributed by atoms with Crippen molar-refractivity contribution in [3.63, 3.8) is 0 Å². The van der Waals surface area contributed by atoms with E-state index in [1.807, 2.05) is 0 Å². The average Bonchev–Trinajstić information content (AvgIpc) is 2.70. The number of carbonyl (C=O) groups is 1. The Morgan fingerprint density at radius 3 is 2.94 bits per heavy atom. The molecule has 0 saturated carbocycles. The van der Waals surface area contributed by atoms with Crippen LogP contribution in [0.25, 0.3) is 5.65 Å². The van der Waals surface area contributed by atoms with E-state index in [1.54, 1.807) is 0 Å². The highest BCUT2D eigenvalue weighted by Crippen LogP contribution is 2.16. The molecule has 2 aromatic heterocycles. The van der Waals surface area contributed by atoms with Crippen LogP contribution in [0.2, 0.25) is 0 Å². The summed E-state index contributed by atoms with van der Waals surface area (Å²) in [6.07, 6.45) is -1.34. The molecule has 0 saturated heterocycles. The maximum Gasteiger partial charge on any atom is 0.358 e. The van der Waals surface area contributed by atoms with Crippen LogP contribution in [-0.4, -0.2) is 27.7 Å². The number of rotatable bonds is 2. The molecule has 0 aliphatic carbocycles. The molecule has 0 bridgehead atoms. The summed E-state index contributed by atoms with van der Waals surface area (Å²) in [7, 11) is 1.21. The fraction of sp³-hybridized carbons (Fsp3) is 0.222. The SMILES string of the molecule is COC(=O)c1cc2nc(C(F)F)ccn2n1. The van der Waals surface area contributed by atoms with E-state index in [1.165, 1.54) is 23.9 Å². The van der Waals surface area contributed by atoms with Gasteiger partial charge in [0, 0.05) is 12.3 Å². The highest BCUT2D eigenvalue weighted by Gasteiger charge is 2.14. The highest BCUT2D eigenvalue weighted by atomic mass is 19.3. The third kappa shape index (κ3) is 1.71. The zero-order valence-corrected chi connectivity index (χ0v) is 8.22. The number of methoxy groups -OCH3 is 1. The van der Waals surface area contributed by atoms with E-state index in [4.69, 9.17) is 0 Å². The summed E-state index contributed by atoms with van der Waals surface area (Å²) in [6, 6.07) is 2.43. The number of carbonyl (C=O) groups excluding carboxylic acids is 1. The van der Waals surface area contributed by atoms with E-state index < -0.39 is 12.4 Å². The number of ether oxygens (including phenoxy) is 1. The molecule has 0 aliphatic heterocycles. The second kappa shape index (κ2) is 3.84. The lowest BCUT2D eigenvalue weighted by molar-refractivity contribution is 0.0593. The standard InChI is InChI=1S/C9H7F2N3O2/c1-16-9(15)6-4-7-12-5(8(10)11)2-3-14(7)13-6/h2-4,8H,1H3. The highest BCUT2D eigenvalue weighted by molar-refractivity contribution is 5.88. The number of hydrogen-bond donors (Lipinski definition) is 0. The van der Waals surface area contributed by atoms with Gasteiger partial charge in [0.2, 0.25) is 0 Å². The molecule has 0 spiro atoms.